The molecule has 3 nitrogen and oxygen atoms in total. The van der Waals surface area contributed by atoms with Gasteiger partial charge in [0.15, 0.2) is 0 Å². The third-order valence-electron chi connectivity index (χ3n) is 2.88. The molecule has 1 rings (SSSR count). The van der Waals surface area contributed by atoms with E-state index in [9.17, 15) is 5.11 Å². The van der Waals surface area contributed by atoms with Crippen LogP contribution in [0.4, 0.5) is 0 Å². The van der Waals surface area contributed by atoms with Crippen molar-refractivity contribution in [2.24, 2.45) is 23.3 Å². The van der Waals surface area contributed by atoms with Crippen LogP contribution < -0.4 is 11.5 Å². The summed E-state index contributed by atoms with van der Waals surface area (Å²) in [7, 11) is 0. The molecule has 0 aliphatic carbocycles. The van der Waals surface area contributed by atoms with Gasteiger partial charge in [-0.2, -0.15) is 0 Å². The van der Waals surface area contributed by atoms with Gasteiger partial charge in [-0.25, -0.2) is 0 Å². The maximum absolute atomic E-state index is 9.33. The fraction of sp³-hybridized carbons (Fsp3) is 0.500. The Balaban J connectivity index is 2.61. The molecule has 0 aliphatic heterocycles. The standard InChI is InChI=1S/C12H20N2O/c1-9(11(7-13)8-14)5-10-3-2-4-12(15)6-10/h2-4,6,9,11,15H,5,7-8,13-14H2,1H3. The number of phenols is 1. The summed E-state index contributed by atoms with van der Waals surface area (Å²) >= 11 is 0. The summed E-state index contributed by atoms with van der Waals surface area (Å²) in [6, 6.07) is 7.34. The van der Waals surface area contributed by atoms with Crippen LogP contribution in [0.5, 0.6) is 5.75 Å². The van der Waals surface area contributed by atoms with Gasteiger partial charge < -0.3 is 16.6 Å². The first-order valence-corrected chi connectivity index (χ1v) is 5.35. The molecule has 0 aromatic heterocycles. The zero-order chi connectivity index (χ0) is 11.3. The maximum Gasteiger partial charge on any atom is 0.115 e. The second-order valence-electron chi connectivity index (χ2n) is 4.08. The summed E-state index contributed by atoms with van der Waals surface area (Å²) in [5, 5.41) is 9.33. The Bertz CT molecular complexity index is 297. The van der Waals surface area contributed by atoms with Crippen LogP contribution in [0.25, 0.3) is 0 Å². The molecule has 0 heterocycles. The SMILES string of the molecule is CC(Cc1cccc(O)c1)C(CN)CN. The lowest BCUT2D eigenvalue weighted by Gasteiger charge is -2.20. The van der Waals surface area contributed by atoms with Crippen LogP contribution in [0.15, 0.2) is 24.3 Å². The molecule has 0 fully saturated rings. The second kappa shape index (κ2) is 5.73. The number of hydrogen-bond donors (Lipinski definition) is 3. The van der Waals surface area contributed by atoms with Gasteiger partial charge in [0.2, 0.25) is 0 Å². The summed E-state index contributed by atoms with van der Waals surface area (Å²) in [4.78, 5) is 0. The zero-order valence-electron chi connectivity index (χ0n) is 9.19. The molecule has 0 spiro atoms. The van der Waals surface area contributed by atoms with Gasteiger partial charge in [0.05, 0.1) is 0 Å². The van der Waals surface area contributed by atoms with E-state index >= 15 is 0 Å². The molecule has 1 atom stereocenters. The van der Waals surface area contributed by atoms with Gasteiger partial charge in [-0.1, -0.05) is 19.1 Å². The lowest BCUT2D eigenvalue weighted by molar-refractivity contribution is 0.372. The first-order chi connectivity index (χ1) is 7.17. The number of phenolic OH excluding ortho intramolecular Hbond substituents is 1. The average molecular weight is 208 g/mol. The Kier molecular flexibility index (Phi) is 4.59. The lowest BCUT2D eigenvalue weighted by Crippen LogP contribution is -2.30. The highest BCUT2D eigenvalue weighted by molar-refractivity contribution is 5.27. The molecule has 0 aliphatic rings. The average Bonchev–Trinajstić information content (AvgIpc) is 2.19. The summed E-state index contributed by atoms with van der Waals surface area (Å²) in [5.41, 5.74) is 12.4. The zero-order valence-corrected chi connectivity index (χ0v) is 9.19. The highest BCUT2D eigenvalue weighted by Crippen LogP contribution is 2.18. The Hall–Kier alpha value is -1.06. The predicted octanol–water partition coefficient (Wildman–Crippen LogP) is 1.10. The Morgan fingerprint density at radius 3 is 2.47 bits per heavy atom. The summed E-state index contributed by atoms with van der Waals surface area (Å²) in [6.07, 6.45) is 0.910. The molecule has 3 heteroatoms. The van der Waals surface area contributed by atoms with E-state index in [-0.39, 0.29) is 0 Å². The molecular weight excluding hydrogens is 188 g/mol. The Labute approximate surface area is 91.1 Å². The fourth-order valence-corrected chi connectivity index (χ4v) is 1.78. The molecule has 84 valence electrons. The van der Waals surface area contributed by atoms with Crippen molar-refractivity contribution < 1.29 is 5.11 Å². The number of nitrogens with two attached hydrogens (primary N) is 2. The van der Waals surface area contributed by atoms with Crippen molar-refractivity contribution in [1.29, 1.82) is 0 Å². The molecule has 1 aromatic carbocycles. The summed E-state index contributed by atoms with van der Waals surface area (Å²) in [6.45, 7) is 3.39. The van der Waals surface area contributed by atoms with Gasteiger partial charge >= 0.3 is 0 Å². The highest BCUT2D eigenvalue weighted by atomic mass is 16.3. The molecule has 15 heavy (non-hydrogen) atoms. The van der Waals surface area contributed by atoms with Crippen molar-refractivity contribution in [1.82, 2.24) is 0 Å². The number of hydrogen-bond acceptors (Lipinski definition) is 3. The predicted molar refractivity (Wildman–Crippen MR) is 62.6 cm³/mol. The van der Waals surface area contributed by atoms with Gasteiger partial charge in [-0.05, 0) is 49.0 Å². The molecule has 0 saturated heterocycles. The smallest absolute Gasteiger partial charge is 0.115 e. The third kappa shape index (κ3) is 3.53. The summed E-state index contributed by atoms with van der Waals surface area (Å²) in [5.74, 6) is 1.12. The largest absolute Gasteiger partial charge is 0.508 e. The molecule has 0 bridgehead atoms. The van der Waals surface area contributed by atoms with Gasteiger partial charge in [0.1, 0.15) is 5.75 Å². The topological polar surface area (TPSA) is 72.3 Å². The van der Waals surface area contributed by atoms with Crippen molar-refractivity contribution in [2.45, 2.75) is 13.3 Å². The van der Waals surface area contributed by atoms with Crippen LogP contribution in [0.2, 0.25) is 0 Å². The van der Waals surface area contributed by atoms with Crippen molar-refractivity contribution in [2.75, 3.05) is 13.1 Å². The minimum Gasteiger partial charge on any atom is -0.508 e. The van der Waals surface area contributed by atoms with E-state index < -0.39 is 0 Å². The van der Waals surface area contributed by atoms with Gasteiger partial charge in [-0.15, -0.1) is 0 Å². The van der Waals surface area contributed by atoms with E-state index in [1.165, 1.54) is 0 Å². The third-order valence-corrected chi connectivity index (χ3v) is 2.88. The number of aromatic hydroxyl groups is 1. The van der Waals surface area contributed by atoms with Crippen LogP contribution in [0, 0.1) is 11.8 Å². The number of benzene rings is 1. The van der Waals surface area contributed by atoms with E-state index in [0.29, 0.717) is 30.7 Å². The molecule has 1 unspecified atom stereocenters. The van der Waals surface area contributed by atoms with Crippen molar-refractivity contribution in [3.63, 3.8) is 0 Å². The molecule has 0 amide bonds. The highest BCUT2D eigenvalue weighted by Gasteiger charge is 2.14. The summed E-state index contributed by atoms with van der Waals surface area (Å²) < 4.78 is 0. The quantitative estimate of drug-likeness (QED) is 0.678. The van der Waals surface area contributed by atoms with Crippen molar-refractivity contribution >= 4 is 0 Å². The maximum atomic E-state index is 9.33. The number of rotatable bonds is 5. The van der Waals surface area contributed by atoms with Gasteiger partial charge in [0.25, 0.3) is 0 Å². The fourth-order valence-electron chi connectivity index (χ4n) is 1.78. The Morgan fingerprint density at radius 1 is 1.27 bits per heavy atom. The first-order valence-electron chi connectivity index (χ1n) is 5.35. The first kappa shape index (κ1) is 12.0. The van der Waals surface area contributed by atoms with Gasteiger partial charge in [-0.3, -0.25) is 0 Å². The van der Waals surface area contributed by atoms with E-state index in [4.69, 9.17) is 11.5 Å². The molecule has 0 saturated carbocycles. The minimum atomic E-state index is 0.316. The van der Waals surface area contributed by atoms with Crippen LogP contribution >= 0.6 is 0 Å². The van der Waals surface area contributed by atoms with E-state index in [1.807, 2.05) is 12.1 Å². The Morgan fingerprint density at radius 2 is 1.93 bits per heavy atom. The van der Waals surface area contributed by atoms with Crippen molar-refractivity contribution in [3.8, 4) is 5.75 Å². The van der Waals surface area contributed by atoms with Crippen molar-refractivity contribution in [3.05, 3.63) is 29.8 Å². The second-order valence-corrected chi connectivity index (χ2v) is 4.08. The lowest BCUT2D eigenvalue weighted by atomic mass is 9.88. The van der Waals surface area contributed by atoms with E-state index in [1.54, 1.807) is 12.1 Å². The van der Waals surface area contributed by atoms with E-state index in [0.717, 1.165) is 12.0 Å². The normalized spacial score (nSPS) is 13.1. The van der Waals surface area contributed by atoms with Crippen LogP contribution in [-0.4, -0.2) is 18.2 Å². The minimum absolute atomic E-state index is 0.316. The monoisotopic (exact) mass is 208 g/mol. The molecule has 1 aromatic rings. The van der Waals surface area contributed by atoms with E-state index in [2.05, 4.69) is 6.92 Å². The van der Waals surface area contributed by atoms with Gasteiger partial charge in [0, 0.05) is 0 Å². The van der Waals surface area contributed by atoms with Crippen LogP contribution in [0.1, 0.15) is 12.5 Å². The molecule has 5 N–H and O–H groups in total. The van der Waals surface area contributed by atoms with Crippen LogP contribution in [-0.2, 0) is 6.42 Å². The molecule has 0 radical (unpaired) electrons. The molecular formula is C12H20N2O. The van der Waals surface area contributed by atoms with Crippen LogP contribution in [0.3, 0.4) is 0 Å².